The van der Waals surface area contributed by atoms with Gasteiger partial charge in [0.05, 0.1) is 35.7 Å². The van der Waals surface area contributed by atoms with Crippen LogP contribution in [-0.4, -0.2) is 17.1 Å². The molecule has 0 aromatic carbocycles. The van der Waals surface area contributed by atoms with E-state index < -0.39 is 0 Å². The molecule has 0 aliphatic rings. The zero-order chi connectivity index (χ0) is 13.0. The van der Waals surface area contributed by atoms with Gasteiger partial charge in [-0.15, -0.1) is 0 Å². The van der Waals surface area contributed by atoms with E-state index in [0.29, 0.717) is 17.6 Å². The largest absolute Gasteiger partial charge is 0.481 e. The first-order valence-electron chi connectivity index (χ1n) is 5.24. The monoisotopic (exact) mass is 327 g/mol. The Kier molecular flexibility index (Phi) is 4.38. The molecule has 94 valence electrons. The molecule has 6 heteroatoms. The number of hydrogen-bond acceptors (Lipinski definition) is 4. The van der Waals surface area contributed by atoms with E-state index in [4.69, 9.17) is 16.3 Å². The molecule has 0 atom stereocenters. The van der Waals surface area contributed by atoms with Crippen LogP contribution in [0.4, 0.5) is 5.69 Å². The Labute approximate surface area is 118 Å². The SMILES string of the molecule is COc1cccc(CNc2cnc(Cl)c(Br)c2)n1. The molecule has 2 aromatic heterocycles. The summed E-state index contributed by atoms with van der Waals surface area (Å²) in [7, 11) is 1.60. The van der Waals surface area contributed by atoms with Crippen molar-refractivity contribution in [2.75, 3.05) is 12.4 Å². The molecule has 0 aliphatic carbocycles. The van der Waals surface area contributed by atoms with Gasteiger partial charge in [0.15, 0.2) is 0 Å². The topological polar surface area (TPSA) is 47.0 Å². The third kappa shape index (κ3) is 3.34. The lowest BCUT2D eigenvalue weighted by molar-refractivity contribution is 0.396. The molecule has 0 spiro atoms. The molecule has 2 rings (SSSR count). The maximum atomic E-state index is 5.82. The maximum Gasteiger partial charge on any atom is 0.213 e. The predicted molar refractivity (Wildman–Crippen MR) is 75.1 cm³/mol. The first kappa shape index (κ1) is 13.1. The quantitative estimate of drug-likeness (QED) is 0.873. The van der Waals surface area contributed by atoms with Crippen LogP contribution in [0, 0.1) is 0 Å². The van der Waals surface area contributed by atoms with Crippen LogP contribution in [0.5, 0.6) is 5.88 Å². The Bertz CT molecular complexity index is 551. The van der Waals surface area contributed by atoms with Crippen LogP contribution in [0.2, 0.25) is 5.15 Å². The molecule has 0 saturated heterocycles. The van der Waals surface area contributed by atoms with Crippen molar-refractivity contribution < 1.29 is 4.74 Å². The standard InChI is InChI=1S/C12H11BrClN3O/c1-18-11-4-2-3-8(17-11)6-15-9-5-10(13)12(14)16-7-9/h2-5,7,15H,6H2,1H3. The second-order valence-electron chi connectivity index (χ2n) is 3.52. The molecule has 0 radical (unpaired) electrons. The van der Waals surface area contributed by atoms with Crippen LogP contribution in [0.25, 0.3) is 0 Å². The van der Waals surface area contributed by atoms with Crippen molar-refractivity contribution in [2.24, 2.45) is 0 Å². The summed E-state index contributed by atoms with van der Waals surface area (Å²) in [5.41, 5.74) is 1.76. The fraction of sp³-hybridized carbons (Fsp3) is 0.167. The van der Waals surface area contributed by atoms with Crippen LogP contribution < -0.4 is 10.1 Å². The van der Waals surface area contributed by atoms with E-state index in [1.54, 1.807) is 13.3 Å². The van der Waals surface area contributed by atoms with Gasteiger partial charge < -0.3 is 10.1 Å². The van der Waals surface area contributed by atoms with Crippen molar-refractivity contribution in [3.05, 3.63) is 45.8 Å². The third-order valence-corrected chi connectivity index (χ3v) is 3.39. The smallest absolute Gasteiger partial charge is 0.213 e. The third-order valence-electron chi connectivity index (χ3n) is 2.26. The lowest BCUT2D eigenvalue weighted by Gasteiger charge is -2.07. The minimum Gasteiger partial charge on any atom is -0.481 e. The van der Waals surface area contributed by atoms with Crippen LogP contribution >= 0.6 is 27.5 Å². The summed E-state index contributed by atoms with van der Waals surface area (Å²) >= 11 is 9.15. The first-order valence-corrected chi connectivity index (χ1v) is 6.41. The van der Waals surface area contributed by atoms with E-state index in [1.807, 2.05) is 24.3 Å². The zero-order valence-corrected chi connectivity index (χ0v) is 12.0. The molecular weight excluding hydrogens is 318 g/mol. The van der Waals surface area contributed by atoms with Crippen molar-refractivity contribution in [3.8, 4) is 5.88 Å². The molecule has 2 aromatic rings. The highest BCUT2D eigenvalue weighted by Crippen LogP contribution is 2.23. The Morgan fingerprint density at radius 1 is 1.44 bits per heavy atom. The molecule has 0 aliphatic heterocycles. The van der Waals surface area contributed by atoms with E-state index in [2.05, 4.69) is 31.2 Å². The minimum atomic E-state index is 0.444. The van der Waals surface area contributed by atoms with Gasteiger partial charge in [-0.1, -0.05) is 17.7 Å². The number of methoxy groups -OCH3 is 1. The molecule has 18 heavy (non-hydrogen) atoms. The molecule has 1 N–H and O–H groups in total. The first-order chi connectivity index (χ1) is 8.69. The number of nitrogens with zero attached hydrogens (tertiary/aromatic N) is 2. The maximum absolute atomic E-state index is 5.82. The summed E-state index contributed by atoms with van der Waals surface area (Å²) in [5, 5.41) is 3.66. The Morgan fingerprint density at radius 2 is 2.28 bits per heavy atom. The molecular formula is C12H11BrClN3O. The molecule has 0 saturated carbocycles. The fourth-order valence-electron chi connectivity index (χ4n) is 1.38. The Hall–Kier alpha value is -1.33. The molecule has 0 bridgehead atoms. The van der Waals surface area contributed by atoms with Gasteiger partial charge in [-0.25, -0.2) is 9.97 Å². The van der Waals surface area contributed by atoms with Crippen molar-refractivity contribution in [1.29, 1.82) is 0 Å². The highest BCUT2D eigenvalue weighted by molar-refractivity contribution is 9.10. The van der Waals surface area contributed by atoms with Crippen LogP contribution in [-0.2, 0) is 6.54 Å². The van der Waals surface area contributed by atoms with E-state index in [-0.39, 0.29) is 0 Å². The summed E-state index contributed by atoms with van der Waals surface area (Å²) in [6, 6.07) is 7.51. The summed E-state index contributed by atoms with van der Waals surface area (Å²) in [5.74, 6) is 0.602. The van der Waals surface area contributed by atoms with Crippen molar-refractivity contribution in [2.45, 2.75) is 6.54 Å². The van der Waals surface area contributed by atoms with Crippen LogP contribution in [0.3, 0.4) is 0 Å². The summed E-state index contributed by atoms with van der Waals surface area (Å²) in [4.78, 5) is 8.34. The van der Waals surface area contributed by atoms with Crippen LogP contribution in [0.15, 0.2) is 34.9 Å². The number of nitrogens with one attached hydrogen (secondary N) is 1. The second kappa shape index (κ2) is 6.02. The Balaban J connectivity index is 2.04. The van der Waals surface area contributed by atoms with Gasteiger partial charge in [-0.05, 0) is 28.1 Å². The van der Waals surface area contributed by atoms with Gasteiger partial charge >= 0.3 is 0 Å². The minimum absolute atomic E-state index is 0.444. The van der Waals surface area contributed by atoms with E-state index in [1.165, 1.54) is 0 Å². The second-order valence-corrected chi connectivity index (χ2v) is 4.73. The van der Waals surface area contributed by atoms with E-state index in [0.717, 1.165) is 15.9 Å². The number of anilines is 1. The average Bonchev–Trinajstić information content (AvgIpc) is 2.40. The molecule has 0 unspecified atom stereocenters. The Morgan fingerprint density at radius 3 is 3.00 bits per heavy atom. The number of ether oxygens (including phenoxy) is 1. The lowest BCUT2D eigenvalue weighted by Crippen LogP contribution is -2.02. The zero-order valence-electron chi connectivity index (χ0n) is 9.65. The van der Waals surface area contributed by atoms with Crippen LogP contribution in [0.1, 0.15) is 5.69 Å². The van der Waals surface area contributed by atoms with Gasteiger partial charge in [-0.3, -0.25) is 0 Å². The molecule has 0 amide bonds. The number of halogens is 2. The summed E-state index contributed by atoms with van der Waals surface area (Å²) < 4.78 is 5.82. The van der Waals surface area contributed by atoms with Crippen molar-refractivity contribution in [3.63, 3.8) is 0 Å². The van der Waals surface area contributed by atoms with Gasteiger partial charge in [0.25, 0.3) is 0 Å². The number of rotatable bonds is 4. The summed E-state index contributed by atoms with van der Waals surface area (Å²) in [6.07, 6.45) is 1.67. The average molecular weight is 329 g/mol. The highest BCUT2D eigenvalue weighted by atomic mass is 79.9. The lowest BCUT2D eigenvalue weighted by atomic mass is 10.3. The number of hydrogen-bond donors (Lipinski definition) is 1. The van der Waals surface area contributed by atoms with Gasteiger partial charge in [0.1, 0.15) is 5.15 Å². The summed E-state index contributed by atoms with van der Waals surface area (Å²) in [6.45, 7) is 0.590. The van der Waals surface area contributed by atoms with E-state index in [9.17, 15) is 0 Å². The van der Waals surface area contributed by atoms with Gasteiger partial charge in [-0.2, -0.15) is 0 Å². The number of aromatic nitrogens is 2. The molecule has 2 heterocycles. The van der Waals surface area contributed by atoms with Gasteiger partial charge in [0.2, 0.25) is 5.88 Å². The van der Waals surface area contributed by atoms with E-state index >= 15 is 0 Å². The molecule has 4 nitrogen and oxygen atoms in total. The number of pyridine rings is 2. The fourth-order valence-corrected chi connectivity index (χ4v) is 1.83. The molecule has 0 fully saturated rings. The highest BCUT2D eigenvalue weighted by Gasteiger charge is 2.01. The van der Waals surface area contributed by atoms with Crippen molar-refractivity contribution in [1.82, 2.24) is 9.97 Å². The normalized spacial score (nSPS) is 10.2. The predicted octanol–water partition coefficient (Wildman–Crippen LogP) is 3.51. The van der Waals surface area contributed by atoms with Gasteiger partial charge in [0, 0.05) is 6.07 Å². The van der Waals surface area contributed by atoms with Crippen molar-refractivity contribution >= 4 is 33.2 Å².